The normalized spacial score (nSPS) is 12.2. The molecule has 2 atom stereocenters. The van der Waals surface area contributed by atoms with E-state index in [1.807, 2.05) is 84.9 Å². The van der Waals surface area contributed by atoms with Crippen LogP contribution in [0, 0.1) is 5.92 Å². The third-order valence-electron chi connectivity index (χ3n) is 6.58. The molecule has 3 rings (SSSR count). The highest BCUT2D eigenvalue weighted by Crippen LogP contribution is 2.18. The van der Waals surface area contributed by atoms with Crippen LogP contribution < -0.4 is 20.9 Å². The van der Waals surface area contributed by atoms with Crippen molar-refractivity contribution in [1.82, 2.24) is 16.1 Å². The maximum atomic E-state index is 13.4. The molecule has 0 aliphatic carbocycles. The van der Waals surface area contributed by atoms with Gasteiger partial charge in [0.1, 0.15) is 11.8 Å². The van der Waals surface area contributed by atoms with Crippen molar-refractivity contribution in [3.63, 3.8) is 0 Å². The molecule has 0 saturated carbocycles. The molecule has 0 aromatic heterocycles. The number of carbonyl (C=O) groups excluding carboxylic acids is 3. The Hall–Kier alpha value is -4.17. The zero-order chi connectivity index (χ0) is 27.9. The summed E-state index contributed by atoms with van der Waals surface area (Å²) >= 11 is 0. The van der Waals surface area contributed by atoms with Gasteiger partial charge in [0.05, 0.1) is 7.11 Å². The van der Waals surface area contributed by atoms with Gasteiger partial charge in [-0.25, -0.2) is 5.48 Å². The van der Waals surface area contributed by atoms with Crippen LogP contribution in [0.15, 0.2) is 84.9 Å². The number of rotatable bonds is 15. The standard InChI is InChI=1S/C31H37N3O5/c1-39-27-17-15-24(16-18-27)13-8-14-26(22-29(35)34-38)30(36)33-28(21-25-11-6-3-7-12-25)31(37)32-20-19-23-9-4-2-5-10-23/h2-7,9-12,15-18,26,28,38H,8,13-14,19-22H2,1H3,(H,32,37)(H,33,36)(H,34,35)/t26-,28+/m1/s1. The minimum Gasteiger partial charge on any atom is -0.497 e. The van der Waals surface area contributed by atoms with Crippen LogP contribution in [0.5, 0.6) is 5.75 Å². The summed E-state index contributed by atoms with van der Waals surface area (Å²) in [7, 11) is 1.61. The fraction of sp³-hybridized carbons (Fsp3) is 0.323. The lowest BCUT2D eigenvalue weighted by Gasteiger charge is -2.22. The molecule has 0 aliphatic heterocycles. The number of methoxy groups -OCH3 is 1. The molecule has 0 fully saturated rings. The molecule has 0 radical (unpaired) electrons. The summed E-state index contributed by atoms with van der Waals surface area (Å²) in [5.41, 5.74) is 4.72. The van der Waals surface area contributed by atoms with E-state index in [4.69, 9.17) is 9.94 Å². The number of ether oxygens (including phenoxy) is 1. The molecule has 8 nitrogen and oxygen atoms in total. The summed E-state index contributed by atoms with van der Waals surface area (Å²) in [6.45, 7) is 0.433. The Labute approximate surface area is 229 Å². The van der Waals surface area contributed by atoms with Gasteiger partial charge in [-0.2, -0.15) is 0 Å². The van der Waals surface area contributed by atoms with Crippen LogP contribution in [0.1, 0.15) is 36.0 Å². The lowest BCUT2D eigenvalue weighted by Crippen LogP contribution is -2.50. The van der Waals surface area contributed by atoms with Gasteiger partial charge in [0, 0.05) is 25.3 Å². The quantitative estimate of drug-likeness (QED) is 0.177. The lowest BCUT2D eigenvalue weighted by molar-refractivity contribution is -0.136. The van der Waals surface area contributed by atoms with E-state index in [0.29, 0.717) is 38.6 Å². The van der Waals surface area contributed by atoms with Crippen LogP contribution in [-0.4, -0.2) is 42.6 Å². The SMILES string of the molecule is COc1ccc(CCC[C@H](CC(=O)NO)C(=O)N[C@@H](Cc2ccccc2)C(=O)NCCc2ccccc2)cc1. The first-order valence-corrected chi connectivity index (χ1v) is 13.2. The second-order valence-electron chi connectivity index (χ2n) is 9.45. The lowest BCUT2D eigenvalue weighted by atomic mass is 9.94. The van der Waals surface area contributed by atoms with Crippen molar-refractivity contribution in [1.29, 1.82) is 0 Å². The second kappa shape index (κ2) is 15.9. The molecule has 0 aliphatic rings. The van der Waals surface area contributed by atoms with Crippen molar-refractivity contribution in [3.8, 4) is 5.75 Å². The number of hydroxylamine groups is 1. The first-order valence-electron chi connectivity index (χ1n) is 13.2. The Morgan fingerprint density at radius 1 is 0.795 bits per heavy atom. The third-order valence-corrected chi connectivity index (χ3v) is 6.58. The van der Waals surface area contributed by atoms with Gasteiger partial charge in [-0.05, 0) is 54.5 Å². The first-order chi connectivity index (χ1) is 19.0. The van der Waals surface area contributed by atoms with E-state index >= 15 is 0 Å². The molecule has 3 amide bonds. The van der Waals surface area contributed by atoms with Crippen LogP contribution in [0.4, 0.5) is 0 Å². The molecule has 39 heavy (non-hydrogen) atoms. The van der Waals surface area contributed by atoms with Crippen molar-refractivity contribution in [3.05, 3.63) is 102 Å². The van der Waals surface area contributed by atoms with E-state index in [1.165, 1.54) is 0 Å². The zero-order valence-electron chi connectivity index (χ0n) is 22.3. The number of hydrogen-bond acceptors (Lipinski definition) is 5. The number of aryl methyl sites for hydroxylation is 1. The summed E-state index contributed by atoms with van der Waals surface area (Å²) in [5.74, 6) is -1.27. The number of hydrogen-bond donors (Lipinski definition) is 4. The summed E-state index contributed by atoms with van der Waals surface area (Å²) in [6, 6.07) is 26.2. The zero-order valence-corrected chi connectivity index (χ0v) is 22.3. The largest absolute Gasteiger partial charge is 0.497 e. The molecule has 0 bridgehead atoms. The van der Waals surface area contributed by atoms with Crippen LogP contribution >= 0.6 is 0 Å². The van der Waals surface area contributed by atoms with Gasteiger partial charge >= 0.3 is 0 Å². The minimum absolute atomic E-state index is 0.182. The fourth-order valence-corrected chi connectivity index (χ4v) is 4.39. The second-order valence-corrected chi connectivity index (χ2v) is 9.45. The number of nitrogens with one attached hydrogen (secondary N) is 3. The third kappa shape index (κ3) is 10.2. The molecule has 0 spiro atoms. The van der Waals surface area contributed by atoms with Gasteiger partial charge in [0.2, 0.25) is 17.7 Å². The summed E-state index contributed by atoms with van der Waals surface area (Å²) in [6.07, 6.45) is 2.58. The predicted octanol–water partition coefficient (Wildman–Crippen LogP) is 3.62. The Morgan fingerprint density at radius 2 is 1.41 bits per heavy atom. The van der Waals surface area contributed by atoms with Crippen molar-refractivity contribution < 1.29 is 24.3 Å². The molecule has 3 aromatic rings. The predicted molar refractivity (Wildman–Crippen MR) is 149 cm³/mol. The first kappa shape index (κ1) is 29.4. The number of benzene rings is 3. The summed E-state index contributed by atoms with van der Waals surface area (Å²) in [5, 5.41) is 14.9. The molecule has 0 saturated heterocycles. The highest BCUT2D eigenvalue weighted by atomic mass is 16.5. The van der Waals surface area contributed by atoms with Crippen LogP contribution in [0.3, 0.4) is 0 Å². The van der Waals surface area contributed by atoms with E-state index in [-0.39, 0.29) is 12.3 Å². The smallest absolute Gasteiger partial charge is 0.244 e. The highest BCUT2D eigenvalue weighted by molar-refractivity contribution is 5.90. The summed E-state index contributed by atoms with van der Waals surface area (Å²) < 4.78 is 5.19. The highest BCUT2D eigenvalue weighted by Gasteiger charge is 2.27. The Kier molecular flexibility index (Phi) is 12.0. The molecular weight excluding hydrogens is 494 g/mol. The molecule has 4 N–H and O–H groups in total. The minimum atomic E-state index is -0.808. The van der Waals surface area contributed by atoms with Crippen LogP contribution in [-0.2, 0) is 33.6 Å². The van der Waals surface area contributed by atoms with Crippen molar-refractivity contribution in [2.24, 2.45) is 5.92 Å². The van der Waals surface area contributed by atoms with Gasteiger partial charge < -0.3 is 15.4 Å². The molecule has 3 aromatic carbocycles. The average molecular weight is 532 g/mol. The molecular formula is C31H37N3O5. The van der Waals surface area contributed by atoms with E-state index in [0.717, 1.165) is 22.4 Å². The van der Waals surface area contributed by atoms with Crippen molar-refractivity contribution in [2.75, 3.05) is 13.7 Å². The van der Waals surface area contributed by atoms with E-state index < -0.39 is 23.8 Å². The Balaban J connectivity index is 1.64. The number of carbonyl (C=O) groups is 3. The Morgan fingerprint density at radius 3 is 2.03 bits per heavy atom. The van der Waals surface area contributed by atoms with Gasteiger partial charge in [0.25, 0.3) is 0 Å². The molecule has 8 heteroatoms. The van der Waals surface area contributed by atoms with Crippen molar-refractivity contribution in [2.45, 2.75) is 44.6 Å². The average Bonchev–Trinajstić information content (AvgIpc) is 2.97. The maximum absolute atomic E-state index is 13.4. The van der Waals surface area contributed by atoms with E-state index in [1.54, 1.807) is 12.6 Å². The van der Waals surface area contributed by atoms with Gasteiger partial charge in [-0.15, -0.1) is 0 Å². The monoisotopic (exact) mass is 531 g/mol. The van der Waals surface area contributed by atoms with Gasteiger partial charge in [-0.1, -0.05) is 72.8 Å². The van der Waals surface area contributed by atoms with E-state index in [2.05, 4.69) is 10.6 Å². The Bertz CT molecular complexity index is 1170. The topological polar surface area (TPSA) is 117 Å². The van der Waals surface area contributed by atoms with Crippen molar-refractivity contribution >= 4 is 17.7 Å². The number of amides is 3. The fourth-order valence-electron chi connectivity index (χ4n) is 4.39. The maximum Gasteiger partial charge on any atom is 0.244 e. The van der Waals surface area contributed by atoms with Gasteiger partial charge in [-0.3, -0.25) is 19.6 Å². The molecule has 206 valence electrons. The van der Waals surface area contributed by atoms with Crippen LogP contribution in [0.2, 0.25) is 0 Å². The van der Waals surface area contributed by atoms with Gasteiger partial charge in [0.15, 0.2) is 0 Å². The summed E-state index contributed by atoms with van der Waals surface area (Å²) in [4.78, 5) is 38.5. The van der Waals surface area contributed by atoms with Crippen LogP contribution in [0.25, 0.3) is 0 Å². The van der Waals surface area contributed by atoms with E-state index in [9.17, 15) is 14.4 Å². The molecule has 0 heterocycles. The molecule has 0 unspecified atom stereocenters.